The summed E-state index contributed by atoms with van der Waals surface area (Å²) in [6.07, 6.45) is 3.06. The molecule has 2 aromatic rings. The number of rotatable bonds is 2. The zero-order chi connectivity index (χ0) is 14.8. The Hall–Kier alpha value is -2.45. The molecule has 4 rings (SSSR count). The van der Waals surface area contributed by atoms with Gasteiger partial charge in [0.25, 0.3) is 0 Å². The molecular formula is C20H17NO. The van der Waals surface area contributed by atoms with Gasteiger partial charge in [-0.1, -0.05) is 60.7 Å². The van der Waals surface area contributed by atoms with Crippen molar-refractivity contribution in [2.24, 2.45) is 4.99 Å². The fraction of sp³-hybridized carbons (Fsp3) is 0.150. The average Bonchev–Trinajstić information content (AvgIpc) is 2.94. The van der Waals surface area contributed by atoms with Gasteiger partial charge in [0.15, 0.2) is 0 Å². The van der Waals surface area contributed by atoms with E-state index in [9.17, 15) is 0 Å². The van der Waals surface area contributed by atoms with Crippen molar-refractivity contribution in [3.8, 4) is 0 Å². The molecule has 2 heterocycles. The maximum absolute atomic E-state index is 5.64. The van der Waals surface area contributed by atoms with E-state index in [-0.39, 0.29) is 0 Å². The molecule has 0 aromatic heterocycles. The zero-order valence-corrected chi connectivity index (χ0v) is 12.3. The number of hydrogen-bond acceptors (Lipinski definition) is 2. The van der Waals surface area contributed by atoms with Crippen LogP contribution in [0.5, 0.6) is 0 Å². The van der Waals surface area contributed by atoms with Gasteiger partial charge >= 0.3 is 0 Å². The predicted molar refractivity (Wildman–Crippen MR) is 89.9 cm³/mol. The van der Waals surface area contributed by atoms with Gasteiger partial charge in [0, 0.05) is 12.0 Å². The SMILES string of the molecule is C1=C(c2ccccc2)N=C(c2ccccc2)CC2=C1COC2. The highest BCUT2D eigenvalue weighted by Crippen LogP contribution is 2.30. The van der Waals surface area contributed by atoms with Crippen LogP contribution in [0.15, 0.2) is 82.9 Å². The largest absolute Gasteiger partial charge is 0.372 e. The zero-order valence-electron chi connectivity index (χ0n) is 12.3. The minimum atomic E-state index is 0.698. The van der Waals surface area contributed by atoms with E-state index in [4.69, 9.17) is 9.73 Å². The highest BCUT2D eigenvalue weighted by molar-refractivity contribution is 6.05. The van der Waals surface area contributed by atoms with Gasteiger partial charge in [0.05, 0.1) is 24.6 Å². The van der Waals surface area contributed by atoms with E-state index >= 15 is 0 Å². The Morgan fingerprint density at radius 1 is 0.773 bits per heavy atom. The number of ether oxygens (including phenoxy) is 1. The summed E-state index contributed by atoms with van der Waals surface area (Å²) in [5, 5.41) is 0. The predicted octanol–water partition coefficient (Wildman–Crippen LogP) is 4.25. The van der Waals surface area contributed by atoms with Crippen LogP contribution < -0.4 is 0 Å². The first-order chi connectivity index (χ1) is 10.9. The summed E-state index contributed by atoms with van der Waals surface area (Å²) >= 11 is 0. The van der Waals surface area contributed by atoms with Gasteiger partial charge in [-0.05, 0) is 22.8 Å². The van der Waals surface area contributed by atoms with Crippen LogP contribution in [0.2, 0.25) is 0 Å². The van der Waals surface area contributed by atoms with Crippen LogP contribution in [0.3, 0.4) is 0 Å². The highest BCUT2D eigenvalue weighted by atomic mass is 16.5. The molecule has 0 spiro atoms. The summed E-state index contributed by atoms with van der Waals surface area (Å²) in [7, 11) is 0. The Morgan fingerprint density at radius 3 is 2.18 bits per heavy atom. The van der Waals surface area contributed by atoms with E-state index in [1.54, 1.807) is 0 Å². The smallest absolute Gasteiger partial charge is 0.0722 e. The fourth-order valence-corrected chi connectivity index (χ4v) is 2.93. The summed E-state index contributed by atoms with van der Waals surface area (Å²) < 4.78 is 5.64. The van der Waals surface area contributed by atoms with Crippen LogP contribution in [0, 0.1) is 0 Å². The molecule has 0 aliphatic carbocycles. The Kier molecular flexibility index (Phi) is 3.45. The Morgan fingerprint density at radius 2 is 1.45 bits per heavy atom. The molecule has 0 N–H and O–H groups in total. The van der Waals surface area contributed by atoms with E-state index in [1.165, 1.54) is 16.7 Å². The highest BCUT2D eigenvalue weighted by Gasteiger charge is 2.20. The molecular weight excluding hydrogens is 270 g/mol. The minimum Gasteiger partial charge on any atom is -0.372 e. The van der Waals surface area contributed by atoms with Gasteiger partial charge in [-0.15, -0.1) is 0 Å². The quantitative estimate of drug-likeness (QED) is 0.809. The lowest BCUT2D eigenvalue weighted by Gasteiger charge is -2.08. The van der Waals surface area contributed by atoms with Crippen molar-refractivity contribution in [2.45, 2.75) is 6.42 Å². The van der Waals surface area contributed by atoms with Gasteiger partial charge < -0.3 is 4.74 Å². The summed E-state index contributed by atoms with van der Waals surface area (Å²) in [6.45, 7) is 1.42. The normalized spacial score (nSPS) is 17.6. The second kappa shape index (κ2) is 5.74. The van der Waals surface area contributed by atoms with Crippen LogP contribution in [0.25, 0.3) is 5.70 Å². The van der Waals surface area contributed by atoms with Crippen LogP contribution in [0.1, 0.15) is 17.5 Å². The number of nitrogens with zero attached hydrogens (tertiary/aromatic N) is 1. The number of aliphatic imine (C=N–C) groups is 1. The van der Waals surface area contributed by atoms with E-state index < -0.39 is 0 Å². The van der Waals surface area contributed by atoms with Crippen molar-refractivity contribution in [2.75, 3.05) is 13.2 Å². The molecule has 0 fully saturated rings. The van der Waals surface area contributed by atoms with Crippen LogP contribution in [-0.4, -0.2) is 18.9 Å². The van der Waals surface area contributed by atoms with Crippen molar-refractivity contribution in [1.82, 2.24) is 0 Å². The molecule has 2 heteroatoms. The number of hydrogen-bond donors (Lipinski definition) is 0. The Labute approximate surface area is 130 Å². The van der Waals surface area contributed by atoms with Crippen molar-refractivity contribution in [3.63, 3.8) is 0 Å². The summed E-state index contributed by atoms with van der Waals surface area (Å²) in [6, 6.07) is 20.8. The third kappa shape index (κ3) is 2.53. The lowest BCUT2D eigenvalue weighted by molar-refractivity contribution is 0.205. The third-order valence-corrected chi connectivity index (χ3v) is 4.11. The fourth-order valence-electron chi connectivity index (χ4n) is 2.93. The van der Waals surface area contributed by atoms with Crippen LogP contribution in [-0.2, 0) is 4.74 Å². The lowest BCUT2D eigenvalue weighted by atomic mass is 10.0. The van der Waals surface area contributed by atoms with Crippen molar-refractivity contribution >= 4 is 11.4 Å². The third-order valence-electron chi connectivity index (χ3n) is 4.11. The maximum Gasteiger partial charge on any atom is 0.0722 e. The van der Waals surface area contributed by atoms with Crippen molar-refractivity contribution < 1.29 is 4.74 Å². The molecule has 2 nitrogen and oxygen atoms in total. The van der Waals surface area contributed by atoms with E-state index in [0.29, 0.717) is 6.61 Å². The molecule has 0 radical (unpaired) electrons. The summed E-state index contributed by atoms with van der Waals surface area (Å²) in [5.41, 5.74) is 7.12. The monoisotopic (exact) mass is 287 g/mol. The molecule has 0 bridgehead atoms. The van der Waals surface area contributed by atoms with Crippen molar-refractivity contribution in [3.05, 3.63) is 89.0 Å². The molecule has 0 saturated carbocycles. The van der Waals surface area contributed by atoms with Gasteiger partial charge in [0.2, 0.25) is 0 Å². The standard InChI is InChI=1S/C20H17NO/c1-3-7-15(8-4-1)19-11-17-13-22-14-18(17)12-20(21-19)16-9-5-2-6-10-16/h1-11H,12-14H2. The average molecular weight is 287 g/mol. The molecule has 108 valence electrons. The second-order valence-corrected chi connectivity index (χ2v) is 5.62. The van der Waals surface area contributed by atoms with E-state index in [2.05, 4.69) is 54.6 Å². The van der Waals surface area contributed by atoms with Gasteiger partial charge in [0.1, 0.15) is 0 Å². The molecule has 0 amide bonds. The summed E-state index contributed by atoms with van der Waals surface area (Å²) in [5.74, 6) is 0. The first-order valence-corrected chi connectivity index (χ1v) is 7.59. The minimum absolute atomic E-state index is 0.698. The Bertz CT molecular complexity index is 770. The summed E-state index contributed by atoms with van der Waals surface area (Å²) in [4.78, 5) is 4.98. The van der Waals surface area contributed by atoms with E-state index in [0.717, 1.165) is 30.0 Å². The molecule has 0 atom stereocenters. The molecule has 0 saturated heterocycles. The number of benzene rings is 2. The van der Waals surface area contributed by atoms with E-state index in [1.807, 2.05) is 12.1 Å². The van der Waals surface area contributed by atoms with Gasteiger partial charge in [-0.25, -0.2) is 0 Å². The van der Waals surface area contributed by atoms with Crippen molar-refractivity contribution in [1.29, 1.82) is 0 Å². The van der Waals surface area contributed by atoms with Gasteiger partial charge in [-0.2, -0.15) is 0 Å². The van der Waals surface area contributed by atoms with Gasteiger partial charge in [-0.3, -0.25) is 4.99 Å². The Balaban J connectivity index is 1.83. The van der Waals surface area contributed by atoms with Crippen LogP contribution in [0.4, 0.5) is 0 Å². The topological polar surface area (TPSA) is 21.6 Å². The van der Waals surface area contributed by atoms with Crippen LogP contribution >= 0.6 is 0 Å². The first kappa shape index (κ1) is 13.2. The lowest BCUT2D eigenvalue weighted by Crippen LogP contribution is -2.04. The molecule has 2 aromatic carbocycles. The molecule has 0 unspecified atom stereocenters. The maximum atomic E-state index is 5.64. The first-order valence-electron chi connectivity index (χ1n) is 7.59. The second-order valence-electron chi connectivity index (χ2n) is 5.62. The molecule has 22 heavy (non-hydrogen) atoms. The molecule has 2 aliphatic heterocycles. The molecule has 2 aliphatic rings.